The zero-order valence-corrected chi connectivity index (χ0v) is 14.4. The van der Waals surface area contributed by atoms with E-state index in [2.05, 4.69) is 9.82 Å². The standard InChI is InChI=1S/C15H24N4O3S/c1-3-19-14(20)7-4-11(9-17-23(21,22)13-5-6-13)15(19)12-8-16-18(2)10-12/h8,10-11,13,15,17H,3-7,9H2,1-2H3/t11-,15+/m1/s1. The average molecular weight is 340 g/mol. The molecule has 1 aliphatic heterocycles. The van der Waals surface area contributed by atoms with Crippen LogP contribution in [0.3, 0.4) is 0 Å². The number of carbonyl (C=O) groups is 1. The van der Waals surface area contributed by atoms with Crippen LogP contribution >= 0.6 is 0 Å². The predicted octanol–water partition coefficient (Wildman–Crippen LogP) is 0.802. The summed E-state index contributed by atoms with van der Waals surface area (Å²) in [6.07, 6.45) is 6.36. The van der Waals surface area contributed by atoms with E-state index in [4.69, 9.17) is 0 Å². The van der Waals surface area contributed by atoms with Gasteiger partial charge in [0.1, 0.15) is 0 Å². The average Bonchev–Trinajstić information content (AvgIpc) is 3.29. The first-order valence-corrected chi connectivity index (χ1v) is 9.73. The number of carbonyl (C=O) groups excluding carboxylic acids is 1. The molecule has 0 unspecified atom stereocenters. The highest BCUT2D eigenvalue weighted by molar-refractivity contribution is 7.90. The van der Waals surface area contributed by atoms with Gasteiger partial charge in [0.25, 0.3) is 0 Å². The van der Waals surface area contributed by atoms with Gasteiger partial charge in [-0.05, 0) is 32.1 Å². The highest BCUT2D eigenvalue weighted by Crippen LogP contribution is 2.36. The number of nitrogens with zero attached hydrogens (tertiary/aromatic N) is 3. The van der Waals surface area contributed by atoms with Crippen molar-refractivity contribution >= 4 is 15.9 Å². The Bertz CT molecular complexity index is 681. The third-order valence-corrected chi connectivity index (χ3v) is 6.67. The molecule has 1 aromatic rings. The maximum absolute atomic E-state index is 12.2. The van der Waals surface area contributed by atoms with Crippen molar-refractivity contribution in [3.8, 4) is 0 Å². The summed E-state index contributed by atoms with van der Waals surface area (Å²) in [5, 5.41) is 3.99. The fourth-order valence-electron chi connectivity index (χ4n) is 3.37. The Kier molecular flexibility index (Phi) is 4.46. The maximum atomic E-state index is 12.2. The Morgan fingerprint density at radius 2 is 2.09 bits per heavy atom. The number of amides is 1. The first-order valence-electron chi connectivity index (χ1n) is 8.19. The molecule has 1 N–H and O–H groups in total. The zero-order chi connectivity index (χ0) is 16.6. The van der Waals surface area contributed by atoms with Crippen molar-refractivity contribution in [1.82, 2.24) is 19.4 Å². The lowest BCUT2D eigenvalue weighted by atomic mass is 9.85. The highest BCUT2D eigenvalue weighted by Gasteiger charge is 2.39. The van der Waals surface area contributed by atoms with E-state index in [0.717, 1.165) is 18.4 Å². The number of nitrogens with one attached hydrogen (secondary N) is 1. The topological polar surface area (TPSA) is 84.3 Å². The van der Waals surface area contributed by atoms with E-state index >= 15 is 0 Å². The van der Waals surface area contributed by atoms with Gasteiger partial charge in [-0.2, -0.15) is 5.10 Å². The van der Waals surface area contributed by atoms with Gasteiger partial charge >= 0.3 is 0 Å². The van der Waals surface area contributed by atoms with Crippen molar-refractivity contribution in [3.05, 3.63) is 18.0 Å². The molecule has 128 valence electrons. The highest BCUT2D eigenvalue weighted by atomic mass is 32.2. The molecule has 1 aliphatic carbocycles. The number of piperidine rings is 1. The second-order valence-electron chi connectivity index (χ2n) is 6.46. The van der Waals surface area contributed by atoms with Crippen molar-refractivity contribution in [3.63, 3.8) is 0 Å². The van der Waals surface area contributed by atoms with Gasteiger partial charge in [-0.1, -0.05) is 0 Å². The van der Waals surface area contributed by atoms with E-state index in [1.54, 1.807) is 10.9 Å². The van der Waals surface area contributed by atoms with Gasteiger partial charge in [0.05, 0.1) is 17.5 Å². The Morgan fingerprint density at radius 3 is 2.65 bits per heavy atom. The number of aryl methyl sites for hydroxylation is 1. The lowest BCUT2D eigenvalue weighted by molar-refractivity contribution is -0.138. The second kappa shape index (κ2) is 6.24. The zero-order valence-electron chi connectivity index (χ0n) is 13.6. The van der Waals surface area contributed by atoms with Gasteiger partial charge < -0.3 is 4.90 Å². The summed E-state index contributed by atoms with van der Waals surface area (Å²) in [5.74, 6) is 0.202. The van der Waals surface area contributed by atoms with E-state index in [9.17, 15) is 13.2 Å². The Labute approximate surface area is 137 Å². The van der Waals surface area contributed by atoms with Crippen molar-refractivity contribution < 1.29 is 13.2 Å². The van der Waals surface area contributed by atoms with E-state index in [-0.39, 0.29) is 23.1 Å². The summed E-state index contributed by atoms with van der Waals surface area (Å²) in [6.45, 7) is 2.95. The molecule has 2 aliphatic rings. The number of sulfonamides is 1. The number of likely N-dealkylation sites (tertiary alicyclic amines) is 1. The molecule has 0 radical (unpaired) electrons. The molecule has 8 heteroatoms. The van der Waals surface area contributed by atoms with E-state index in [0.29, 0.717) is 25.9 Å². The van der Waals surface area contributed by atoms with Crippen LogP contribution in [0.1, 0.15) is 44.2 Å². The smallest absolute Gasteiger partial charge is 0.223 e. The normalized spacial score (nSPS) is 25.8. The third kappa shape index (κ3) is 3.42. The molecular weight excluding hydrogens is 316 g/mol. The Balaban J connectivity index is 1.79. The Morgan fingerprint density at radius 1 is 1.35 bits per heavy atom. The second-order valence-corrected chi connectivity index (χ2v) is 8.51. The summed E-state index contributed by atoms with van der Waals surface area (Å²) in [4.78, 5) is 14.1. The molecule has 1 amide bonds. The maximum Gasteiger partial charge on any atom is 0.223 e. The molecular formula is C15H24N4O3S. The van der Waals surface area contributed by atoms with Crippen LogP contribution in [-0.2, 0) is 21.9 Å². The summed E-state index contributed by atoms with van der Waals surface area (Å²) in [6, 6.07) is -0.114. The first-order chi connectivity index (χ1) is 10.9. The Hall–Kier alpha value is -1.41. The van der Waals surface area contributed by atoms with Gasteiger partial charge in [0, 0.05) is 38.3 Å². The first kappa shape index (κ1) is 16.4. The van der Waals surface area contributed by atoms with Crippen LogP contribution in [0.25, 0.3) is 0 Å². The van der Waals surface area contributed by atoms with Gasteiger partial charge in [-0.15, -0.1) is 0 Å². The number of hydrogen-bond donors (Lipinski definition) is 1. The lowest BCUT2D eigenvalue weighted by Crippen LogP contribution is -2.46. The largest absolute Gasteiger partial charge is 0.335 e. The summed E-state index contributed by atoms with van der Waals surface area (Å²) in [7, 11) is -1.36. The number of hydrogen-bond acceptors (Lipinski definition) is 4. The fraction of sp³-hybridized carbons (Fsp3) is 0.733. The fourth-order valence-corrected chi connectivity index (χ4v) is 4.81. The number of aromatic nitrogens is 2. The minimum Gasteiger partial charge on any atom is -0.335 e. The van der Waals surface area contributed by atoms with Gasteiger partial charge in [-0.25, -0.2) is 13.1 Å². The minimum atomic E-state index is -3.20. The van der Waals surface area contributed by atoms with Crippen LogP contribution in [0.15, 0.2) is 12.4 Å². The lowest BCUT2D eigenvalue weighted by Gasteiger charge is -2.40. The van der Waals surface area contributed by atoms with Crippen molar-refractivity contribution in [1.29, 1.82) is 0 Å². The van der Waals surface area contributed by atoms with E-state index in [1.165, 1.54) is 0 Å². The quantitative estimate of drug-likeness (QED) is 0.830. The van der Waals surface area contributed by atoms with Crippen molar-refractivity contribution in [2.45, 2.75) is 43.9 Å². The molecule has 1 saturated carbocycles. The monoisotopic (exact) mass is 340 g/mol. The SMILES string of the molecule is CCN1C(=O)CC[C@H](CNS(=O)(=O)C2CC2)[C@H]1c1cnn(C)c1. The minimum absolute atomic E-state index is 0.0744. The van der Waals surface area contributed by atoms with Gasteiger partial charge in [-0.3, -0.25) is 9.48 Å². The molecule has 2 atom stereocenters. The van der Waals surface area contributed by atoms with Crippen LogP contribution in [0, 0.1) is 5.92 Å². The van der Waals surface area contributed by atoms with Crippen molar-refractivity contribution in [2.24, 2.45) is 13.0 Å². The van der Waals surface area contributed by atoms with Crippen LogP contribution < -0.4 is 4.72 Å². The van der Waals surface area contributed by atoms with Crippen LogP contribution in [0.4, 0.5) is 0 Å². The third-order valence-electron chi connectivity index (χ3n) is 4.75. The molecule has 1 aromatic heterocycles. The predicted molar refractivity (Wildman–Crippen MR) is 86.0 cm³/mol. The molecule has 0 aromatic carbocycles. The van der Waals surface area contributed by atoms with Gasteiger partial charge in [0.2, 0.25) is 15.9 Å². The summed E-state index contributed by atoms with van der Waals surface area (Å²) < 4.78 is 28.7. The van der Waals surface area contributed by atoms with Crippen LogP contribution in [0.2, 0.25) is 0 Å². The van der Waals surface area contributed by atoms with E-state index < -0.39 is 10.0 Å². The van der Waals surface area contributed by atoms with Gasteiger partial charge in [0.15, 0.2) is 0 Å². The molecule has 1 saturated heterocycles. The molecule has 23 heavy (non-hydrogen) atoms. The van der Waals surface area contributed by atoms with Crippen LogP contribution in [-0.4, -0.2) is 47.3 Å². The molecule has 0 spiro atoms. The van der Waals surface area contributed by atoms with Crippen LogP contribution in [0.5, 0.6) is 0 Å². The summed E-state index contributed by atoms with van der Waals surface area (Å²) in [5.41, 5.74) is 0.970. The molecule has 3 rings (SSSR count). The van der Waals surface area contributed by atoms with Crippen molar-refractivity contribution in [2.75, 3.05) is 13.1 Å². The molecule has 7 nitrogen and oxygen atoms in total. The molecule has 0 bridgehead atoms. The number of rotatable bonds is 6. The molecule has 2 heterocycles. The molecule has 2 fully saturated rings. The van der Waals surface area contributed by atoms with E-state index in [1.807, 2.05) is 25.1 Å². The summed E-state index contributed by atoms with van der Waals surface area (Å²) >= 11 is 0.